The largest absolute Gasteiger partial charge is 0.357 e. The van der Waals surface area contributed by atoms with Crippen molar-refractivity contribution in [3.05, 3.63) is 21.9 Å². The molecule has 0 saturated heterocycles. The number of aliphatic imine (C=N–C) groups is 1. The Bertz CT molecular complexity index is 641. The Morgan fingerprint density at radius 3 is 2.64 bits per heavy atom. The summed E-state index contributed by atoms with van der Waals surface area (Å²) in [4.78, 5) is 7.25. The van der Waals surface area contributed by atoms with Crippen molar-refractivity contribution in [3.8, 4) is 0 Å². The third-order valence-corrected chi connectivity index (χ3v) is 6.66. The van der Waals surface area contributed by atoms with E-state index in [4.69, 9.17) is 0 Å². The molecule has 0 aliphatic rings. The molecule has 0 spiro atoms. The van der Waals surface area contributed by atoms with Gasteiger partial charge < -0.3 is 10.6 Å². The molecule has 0 aliphatic heterocycles. The topological polar surface area (TPSA) is 73.8 Å². The standard InChI is InChI=1S/C17H32N4O2S2/c1-6-18-17(19-11-8-12-21(5)25(22,23)7-2)20-14(3)13-16-10-9-15(4)24-16/h9-10,14H,6-8,11-13H2,1-5H3,(H2,18,19,20). The van der Waals surface area contributed by atoms with Crippen molar-refractivity contribution < 1.29 is 8.42 Å². The van der Waals surface area contributed by atoms with Crippen LogP contribution in [0.4, 0.5) is 0 Å². The van der Waals surface area contributed by atoms with E-state index in [0.717, 1.165) is 18.9 Å². The molecule has 0 saturated carbocycles. The summed E-state index contributed by atoms with van der Waals surface area (Å²) in [6.07, 6.45) is 1.66. The first-order valence-electron chi connectivity index (χ1n) is 8.82. The minimum Gasteiger partial charge on any atom is -0.357 e. The van der Waals surface area contributed by atoms with Gasteiger partial charge in [0.2, 0.25) is 10.0 Å². The summed E-state index contributed by atoms with van der Waals surface area (Å²) in [7, 11) is -1.48. The second-order valence-electron chi connectivity index (χ2n) is 6.10. The van der Waals surface area contributed by atoms with Crippen LogP contribution in [0.25, 0.3) is 0 Å². The van der Waals surface area contributed by atoms with Crippen molar-refractivity contribution in [3.63, 3.8) is 0 Å². The van der Waals surface area contributed by atoms with Gasteiger partial charge in [0.05, 0.1) is 5.75 Å². The van der Waals surface area contributed by atoms with Crippen LogP contribution < -0.4 is 10.6 Å². The molecule has 0 aliphatic carbocycles. The smallest absolute Gasteiger partial charge is 0.213 e. The number of sulfonamides is 1. The first-order valence-corrected chi connectivity index (χ1v) is 11.2. The maximum atomic E-state index is 11.7. The highest BCUT2D eigenvalue weighted by atomic mass is 32.2. The normalized spacial score (nSPS) is 13.9. The lowest BCUT2D eigenvalue weighted by molar-refractivity contribution is 0.464. The predicted molar refractivity (Wildman–Crippen MR) is 108 cm³/mol. The van der Waals surface area contributed by atoms with Crippen molar-refractivity contribution in [2.45, 2.75) is 46.6 Å². The van der Waals surface area contributed by atoms with Crippen LogP contribution in [0.3, 0.4) is 0 Å². The molecule has 0 radical (unpaired) electrons. The van der Waals surface area contributed by atoms with Gasteiger partial charge in [-0.05, 0) is 46.2 Å². The fourth-order valence-electron chi connectivity index (χ4n) is 2.34. The van der Waals surface area contributed by atoms with Crippen LogP contribution in [0.15, 0.2) is 17.1 Å². The molecule has 25 heavy (non-hydrogen) atoms. The molecule has 1 atom stereocenters. The highest BCUT2D eigenvalue weighted by Gasteiger charge is 2.14. The van der Waals surface area contributed by atoms with Crippen LogP contribution in [0.1, 0.15) is 36.9 Å². The summed E-state index contributed by atoms with van der Waals surface area (Å²) in [6.45, 7) is 9.82. The molecule has 1 aromatic rings. The number of guanidine groups is 1. The zero-order chi connectivity index (χ0) is 18.9. The Morgan fingerprint density at radius 1 is 1.36 bits per heavy atom. The van der Waals surface area contributed by atoms with Gasteiger partial charge in [-0.15, -0.1) is 11.3 Å². The van der Waals surface area contributed by atoms with Crippen molar-refractivity contribution in [1.29, 1.82) is 0 Å². The maximum absolute atomic E-state index is 11.7. The van der Waals surface area contributed by atoms with Gasteiger partial charge in [-0.3, -0.25) is 4.99 Å². The Labute approximate surface area is 156 Å². The average molecular weight is 389 g/mol. The number of thiophene rings is 1. The first kappa shape index (κ1) is 21.9. The third-order valence-electron chi connectivity index (χ3n) is 3.77. The van der Waals surface area contributed by atoms with Crippen LogP contribution >= 0.6 is 11.3 Å². The number of nitrogens with zero attached hydrogens (tertiary/aromatic N) is 2. The molecule has 144 valence electrons. The molecule has 0 aromatic carbocycles. The molecule has 1 heterocycles. The first-order chi connectivity index (χ1) is 11.8. The second-order valence-corrected chi connectivity index (χ2v) is 9.84. The van der Waals surface area contributed by atoms with E-state index in [0.29, 0.717) is 19.5 Å². The highest BCUT2D eigenvalue weighted by molar-refractivity contribution is 7.89. The minimum atomic E-state index is -3.11. The van der Waals surface area contributed by atoms with E-state index in [9.17, 15) is 8.42 Å². The van der Waals surface area contributed by atoms with E-state index in [2.05, 4.69) is 41.6 Å². The van der Waals surface area contributed by atoms with Gasteiger partial charge in [-0.1, -0.05) is 0 Å². The Balaban J connectivity index is 2.47. The summed E-state index contributed by atoms with van der Waals surface area (Å²) in [6, 6.07) is 4.60. The summed E-state index contributed by atoms with van der Waals surface area (Å²) < 4.78 is 24.8. The molecule has 1 aromatic heterocycles. The third kappa shape index (κ3) is 8.20. The van der Waals surface area contributed by atoms with Gasteiger partial charge >= 0.3 is 0 Å². The van der Waals surface area contributed by atoms with E-state index in [-0.39, 0.29) is 11.8 Å². The molecule has 0 bridgehead atoms. The van der Waals surface area contributed by atoms with Gasteiger partial charge in [0.25, 0.3) is 0 Å². The SMILES string of the molecule is CCNC(=NCCCN(C)S(=O)(=O)CC)NC(C)Cc1ccc(C)s1. The number of aryl methyl sites for hydroxylation is 1. The van der Waals surface area contributed by atoms with Gasteiger partial charge in [0.1, 0.15) is 0 Å². The average Bonchev–Trinajstić information content (AvgIpc) is 2.96. The summed E-state index contributed by atoms with van der Waals surface area (Å²) in [5, 5.41) is 6.66. The van der Waals surface area contributed by atoms with Crippen LogP contribution in [-0.4, -0.2) is 57.2 Å². The van der Waals surface area contributed by atoms with Gasteiger partial charge in [0.15, 0.2) is 5.96 Å². The van der Waals surface area contributed by atoms with Gasteiger partial charge in [0, 0.05) is 48.9 Å². The molecular formula is C17H32N4O2S2. The minimum absolute atomic E-state index is 0.136. The molecule has 6 nitrogen and oxygen atoms in total. The second kappa shape index (κ2) is 10.8. The van der Waals surface area contributed by atoms with Gasteiger partial charge in [-0.25, -0.2) is 12.7 Å². The zero-order valence-electron chi connectivity index (χ0n) is 16.0. The van der Waals surface area contributed by atoms with Crippen LogP contribution in [0.5, 0.6) is 0 Å². The van der Waals surface area contributed by atoms with Gasteiger partial charge in [-0.2, -0.15) is 0 Å². The van der Waals surface area contributed by atoms with E-state index in [1.54, 1.807) is 14.0 Å². The van der Waals surface area contributed by atoms with E-state index >= 15 is 0 Å². The lowest BCUT2D eigenvalue weighted by atomic mass is 10.2. The molecule has 1 rings (SSSR count). The molecule has 0 fully saturated rings. The van der Waals surface area contributed by atoms with E-state index < -0.39 is 10.0 Å². The molecule has 0 amide bonds. The van der Waals surface area contributed by atoms with E-state index in [1.165, 1.54) is 14.1 Å². The molecule has 2 N–H and O–H groups in total. The lowest BCUT2D eigenvalue weighted by Gasteiger charge is -2.18. The zero-order valence-corrected chi connectivity index (χ0v) is 17.6. The predicted octanol–water partition coefficient (Wildman–Crippen LogP) is 2.21. The van der Waals surface area contributed by atoms with Crippen LogP contribution in [0.2, 0.25) is 0 Å². The maximum Gasteiger partial charge on any atom is 0.213 e. The molecule has 8 heteroatoms. The quantitative estimate of drug-likeness (QED) is 0.366. The van der Waals surface area contributed by atoms with Crippen LogP contribution in [-0.2, 0) is 16.4 Å². The summed E-state index contributed by atoms with van der Waals surface area (Å²) >= 11 is 1.82. The highest BCUT2D eigenvalue weighted by Crippen LogP contribution is 2.16. The Kier molecular flexibility index (Phi) is 9.45. The fraction of sp³-hybridized carbons (Fsp3) is 0.706. The van der Waals surface area contributed by atoms with Crippen molar-refractivity contribution in [2.75, 3.05) is 32.4 Å². The van der Waals surface area contributed by atoms with Crippen molar-refractivity contribution in [1.82, 2.24) is 14.9 Å². The lowest BCUT2D eigenvalue weighted by Crippen LogP contribution is -2.43. The summed E-state index contributed by atoms with van der Waals surface area (Å²) in [5.41, 5.74) is 0. The van der Waals surface area contributed by atoms with Crippen molar-refractivity contribution in [2.24, 2.45) is 4.99 Å². The molecular weight excluding hydrogens is 356 g/mol. The fourth-order valence-corrected chi connectivity index (χ4v) is 4.21. The van der Waals surface area contributed by atoms with E-state index in [1.807, 2.05) is 18.3 Å². The van der Waals surface area contributed by atoms with Crippen molar-refractivity contribution >= 4 is 27.3 Å². The number of rotatable bonds is 10. The molecule has 1 unspecified atom stereocenters. The number of nitrogens with one attached hydrogen (secondary N) is 2. The number of hydrogen-bond donors (Lipinski definition) is 2. The van der Waals surface area contributed by atoms with Crippen LogP contribution in [0, 0.1) is 6.92 Å². The Hall–Kier alpha value is -1.12. The Morgan fingerprint density at radius 2 is 2.08 bits per heavy atom. The number of hydrogen-bond acceptors (Lipinski definition) is 4. The summed E-state index contributed by atoms with van der Waals surface area (Å²) in [5.74, 6) is 0.917. The monoisotopic (exact) mass is 388 g/mol.